The molecule has 2 N–H and O–H groups in total. The Morgan fingerprint density at radius 3 is 2.28 bits per heavy atom. The Labute approximate surface area is 210 Å². The van der Waals surface area contributed by atoms with Crippen LogP contribution in [0.15, 0.2) is 59.7 Å². The molecule has 1 heterocycles. The van der Waals surface area contributed by atoms with E-state index in [1.807, 2.05) is 0 Å². The number of carbonyl (C=O) groups is 4. The van der Waals surface area contributed by atoms with Gasteiger partial charge in [0, 0.05) is 13.5 Å². The zero-order valence-electron chi connectivity index (χ0n) is 20.9. The Morgan fingerprint density at radius 1 is 1.11 bits per heavy atom. The van der Waals surface area contributed by atoms with Crippen LogP contribution in [-0.4, -0.2) is 58.1 Å². The van der Waals surface area contributed by atoms with Crippen molar-refractivity contribution in [1.82, 2.24) is 14.9 Å². The lowest BCUT2D eigenvalue weighted by atomic mass is 9.90. The number of rotatable bonds is 9. The van der Waals surface area contributed by atoms with E-state index < -0.39 is 35.4 Å². The largest absolute Gasteiger partial charge is 0.466 e. The highest BCUT2D eigenvalue weighted by atomic mass is 16.5. The molecule has 4 amide bonds. The fourth-order valence-electron chi connectivity index (χ4n) is 4.51. The maximum absolute atomic E-state index is 14.0. The highest BCUT2D eigenvalue weighted by Crippen LogP contribution is 2.40. The number of likely N-dealkylation sites (N-methyl/N-ethyl adjacent to an activating group) is 1. The maximum Gasteiger partial charge on any atom is 0.347 e. The summed E-state index contributed by atoms with van der Waals surface area (Å²) in [5, 5.41) is 5.43. The summed E-state index contributed by atoms with van der Waals surface area (Å²) >= 11 is 0. The molecule has 0 radical (unpaired) electrons. The van der Waals surface area contributed by atoms with Crippen LogP contribution in [0.4, 0.5) is 4.79 Å². The van der Waals surface area contributed by atoms with Gasteiger partial charge in [0.25, 0.3) is 5.91 Å². The highest BCUT2D eigenvalue weighted by Gasteiger charge is 2.58. The molecule has 0 saturated carbocycles. The van der Waals surface area contributed by atoms with Crippen LogP contribution in [0.3, 0.4) is 0 Å². The van der Waals surface area contributed by atoms with Crippen LogP contribution in [-0.2, 0) is 24.7 Å². The molecular formula is C26H31N5O5. The van der Waals surface area contributed by atoms with Crippen LogP contribution in [0.1, 0.15) is 56.8 Å². The number of benzene rings is 2. The van der Waals surface area contributed by atoms with Gasteiger partial charge in [0.15, 0.2) is 0 Å². The van der Waals surface area contributed by atoms with E-state index in [-0.39, 0.29) is 19.6 Å². The predicted molar refractivity (Wildman–Crippen MR) is 133 cm³/mol. The molecule has 10 heteroatoms. The first-order chi connectivity index (χ1) is 17.2. The van der Waals surface area contributed by atoms with Gasteiger partial charge in [-0.05, 0) is 37.5 Å². The number of urea groups is 1. The van der Waals surface area contributed by atoms with E-state index in [1.165, 1.54) is 18.0 Å². The van der Waals surface area contributed by atoms with Crippen LogP contribution >= 0.6 is 0 Å². The summed E-state index contributed by atoms with van der Waals surface area (Å²) < 4.78 is 5.13. The van der Waals surface area contributed by atoms with Crippen molar-refractivity contribution in [2.45, 2.75) is 45.7 Å². The second-order valence-electron chi connectivity index (χ2n) is 8.42. The smallest absolute Gasteiger partial charge is 0.347 e. The Hall–Kier alpha value is -4.21. The fraction of sp³-hybridized carbons (Fsp3) is 0.346. The number of nitrogens with zero attached hydrogens (tertiary/aromatic N) is 4. The number of hydrogen-bond acceptors (Lipinski definition) is 7. The van der Waals surface area contributed by atoms with Crippen LogP contribution in [0.5, 0.6) is 0 Å². The summed E-state index contributed by atoms with van der Waals surface area (Å²) in [4.78, 5) is 54.6. The summed E-state index contributed by atoms with van der Waals surface area (Å²) in [6, 6.07) is 14.1. The molecule has 190 valence electrons. The quantitative estimate of drug-likeness (QED) is 0.188. The van der Waals surface area contributed by atoms with Crippen LogP contribution in [0.2, 0.25) is 0 Å². The van der Waals surface area contributed by atoms with E-state index in [9.17, 15) is 19.2 Å². The summed E-state index contributed by atoms with van der Waals surface area (Å²) in [6.07, 6.45) is 1.24. The van der Waals surface area contributed by atoms with Gasteiger partial charge >= 0.3 is 12.0 Å². The van der Waals surface area contributed by atoms with Gasteiger partial charge in [0.1, 0.15) is 5.54 Å². The van der Waals surface area contributed by atoms with Crippen LogP contribution in [0, 0.1) is 0 Å². The van der Waals surface area contributed by atoms with E-state index in [0.717, 1.165) is 15.6 Å². The van der Waals surface area contributed by atoms with E-state index in [1.54, 1.807) is 75.4 Å². The number of amides is 4. The van der Waals surface area contributed by atoms with Gasteiger partial charge in [0.05, 0.1) is 25.3 Å². The first-order valence-electron chi connectivity index (χ1n) is 11.7. The second-order valence-corrected chi connectivity index (χ2v) is 8.42. The topological polar surface area (TPSA) is 126 Å². The van der Waals surface area contributed by atoms with Crippen molar-refractivity contribution in [3.05, 3.63) is 71.3 Å². The third-order valence-electron chi connectivity index (χ3n) is 6.26. The number of ether oxygens (including phenoxy) is 1. The fourth-order valence-corrected chi connectivity index (χ4v) is 4.51. The molecule has 1 fully saturated rings. The monoisotopic (exact) mass is 493 g/mol. The summed E-state index contributed by atoms with van der Waals surface area (Å²) in [5.41, 5.74) is 0.488. The molecule has 2 aromatic carbocycles. The minimum absolute atomic E-state index is 0.161. The van der Waals surface area contributed by atoms with Crippen molar-refractivity contribution in [2.24, 2.45) is 10.9 Å². The average molecular weight is 494 g/mol. The Morgan fingerprint density at radius 2 is 1.75 bits per heavy atom. The van der Waals surface area contributed by atoms with Gasteiger partial charge < -0.3 is 15.5 Å². The first kappa shape index (κ1) is 26.4. The van der Waals surface area contributed by atoms with Crippen molar-refractivity contribution in [3.8, 4) is 0 Å². The molecule has 0 unspecified atom stereocenters. The molecule has 1 aliphatic heterocycles. The second kappa shape index (κ2) is 11.0. The van der Waals surface area contributed by atoms with Gasteiger partial charge in [-0.2, -0.15) is 10.1 Å². The van der Waals surface area contributed by atoms with Gasteiger partial charge in [-0.15, -0.1) is 0 Å². The van der Waals surface area contributed by atoms with Crippen LogP contribution < -0.4 is 5.84 Å². The number of nitrogens with two attached hydrogens (primary N) is 1. The van der Waals surface area contributed by atoms with E-state index in [4.69, 9.17) is 10.6 Å². The Balaban J connectivity index is 2.11. The zero-order valence-corrected chi connectivity index (χ0v) is 20.9. The molecule has 2 aromatic rings. The van der Waals surface area contributed by atoms with Crippen molar-refractivity contribution < 1.29 is 23.9 Å². The Bertz CT molecular complexity index is 1150. The van der Waals surface area contributed by atoms with Gasteiger partial charge in [-0.1, -0.05) is 54.6 Å². The first-order valence-corrected chi connectivity index (χ1v) is 11.7. The van der Waals surface area contributed by atoms with Crippen molar-refractivity contribution >= 4 is 30.0 Å². The minimum atomic E-state index is -1.39. The number of imide groups is 1. The molecule has 2 atom stereocenters. The maximum atomic E-state index is 14.0. The predicted octanol–water partition coefficient (Wildman–Crippen LogP) is 2.94. The summed E-state index contributed by atoms with van der Waals surface area (Å²) in [6.45, 7) is 6.71. The lowest BCUT2D eigenvalue weighted by Crippen LogP contribution is -2.52. The highest BCUT2D eigenvalue weighted by molar-refractivity contribution is 6.08. The third-order valence-corrected chi connectivity index (χ3v) is 6.26. The number of hydrazine groups is 1. The molecule has 3 rings (SSSR count). The molecule has 1 aliphatic rings. The number of hydrogen-bond donors (Lipinski definition) is 1. The molecule has 0 spiro atoms. The zero-order chi connectivity index (χ0) is 26.5. The van der Waals surface area contributed by atoms with Crippen molar-refractivity contribution in [1.29, 1.82) is 0 Å². The molecule has 10 nitrogen and oxygen atoms in total. The lowest BCUT2D eigenvalue weighted by molar-refractivity contribution is -0.163. The normalized spacial score (nSPS) is 18.6. The molecule has 0 bridgehead atoms. The third kappa shape index (κ3) is 4.79. The van der Waals surface area contributed by atoms with Crippen molar-refractivity contribution in [2.75, 3.05) is 13.2 Å². The minimum Gasteiger partial charge on any atom is -0.466 e. The van der Waals surface area contributed by atoms with Gasteiger partial charge in [-0.3, -0.25) is 14.4 Å². The van der Waals surface area contributed by atoms with Gasteiger partial charge in [0.2, 0.25) is 5.91 Å². The molecular weight excluding hydrogens is 462 g/mol. The lowest BCUT2D eigenvalue weighted by Gasteiger charge is -2.35. The summed E-state index contributed by atoms with van der Waals surface area (Å²) in [7, 11) is 0. The molecule has 1 saturated heterocycles. The van der Waals surface area contributed by atoms with Gasteiger partial charge in [-0.25, -0.2) is 9.80 Å². The number of hydrazone groups is 1. The van der Waals surface area contributed by atoms with Crippen LogP contribution in [0.25, 0.3) is 0 Å². The van der Waals surface area contributed by atoms with E-state index >= 15 is 0 Å². The summed E-state index contributed by atoms with van der Waals surface area (Å²) in [5.74, 6) is 3.51. The standard InChI is InChI=1S/C26H31N5O5/c1-5-29-25(35)31(24(34)26(29,4)21-14-12-19(13-15-21)17-28-27)30(18(3)32)22(16-23(33)36-6-2)20-10-8-7-9-11-20/h7-15,17,22H,5-6,16,27H2,1-4H3/t22-,26-/m1/s1. The molecule has 0 aromatic heterocycles. The average Bonchev–Trinajstić information content (AvgIpc) is 3.05. The molecule has 36 heavy (non-hydrogen) atoms. The number of carbonyl (C=O) groups excluding carboxylic acids is 4. The SMILES string of the molecule is CCOC(=O)C[C@H](c1ccccc1)N(C(C)=O)N1C(=O)N(CC)[C@](C)(c2ccc(C=NN)cc2)C1=O. The van der Waals surface area contributed by atoms with E-state index in [2.05, 4.69) is 5.10 Å². The Kier molecular flexibility index (Phi) is 8.08. The molecule has 0 aliphatic carbocycles. The van der Waals surface area contributed by atoms with E-state index in [0.29, 0.717) is 11.1 Å². The van der Waals surface area contributed by atoms with Crippen molar-refractivity contribution in [3.63, 3.8) is 0 Å². The number of esters is 1.